The zero-order valence-electron chi connectivity index (χ0n) is 13.0. The predicted molar refractivity (Wildman–Crippen MR) is 76.6 cm³/mol. The lowest BCUT2D eigenvalue weighted by molar-refractivity contribution is -0.156. The van der Waals surface area contributed by atoms with E-state index in [9.17, 15) is 4.79 Å². The van der Waals surface area contributed by atoms with E-state index in [1.54, 1.807) is 0 Å². The Morgan fingerprint density at radius 1 is 1.37 bits per heavy atom. The molecule has 0 aliphatic carbocycles. The molecule has 1 unspecified atom stereocenters. The number of hydrogen-bond donors (Lipinski definition) is 1. The highest BCUT2D eigenvalue weighted by atomic mass is 16.6. The molecule has 0 aromatic carbocycles. The highest BCUT2D eigenvalue weighted by molar-refractivity contribution is 5.70. The molecule has 0 aromatic heterocycles. The third-order valence-electron chi connectivity index (χ3n) is 2.79. The van der Waals surface area contributed by atoms with Gasteiger partial charge >= 0.3 is 5.97 Å². The number of hydrogen-bond acceptors (Lipinski definition) is 4. The number of nitrogens with one attached hydrogen (secondary N) is 1. The summed E-state index contributed by atoms with van der Waals surface area (Å²) in [5.41, 5.74) is -0.431. The van der Waals surface area contributed by atoms with E-state index in [4.69, 9.17) is 10.00 Å². The Labute approximate surface area is 117 Å². The maximum atomic E-state index is 11.8. The van der Waals surface area contributed by atoms with Gasteiger partial charge in [0.2, 0.25) is 0 Å². The monoisotopic (exact) mass is 268 g/mol. The van der Waals surface area contributed by atoms with Crippen LogP contribution in [0.25, 0.3) is 0 Å². The van der Waals surface area contributed by atoms with E-state index in [1.165, 1.54) is 0 Å². The zero-order valence-corrected chi connectivity index (χ0v) is 13.0. The molecule has 0 rings (SSSR count). The first-order chi connectivity index (χ1) is 8.82. The highest BCUT2D eigenvalue weighted by Gasteiger charge is 2.20. The fourth-order valence-electron chi connectivity index (χ4n) is 1.89. The molecule has 4 heteroatoms. The summed E-state index contributed by atoms with van der Waals surface area (Å²) in [5.74, 6) is 0.0833. The Hall–Kier alpha value is -1.08. The van der Waals surface area contributed by atoms with E-state index in [-0.39, 0.29) is 17.9 Å². The third-order valence-corrected chi connectivity index (χ3v) is 2.79. The summed E-state index contributed by atoms with van der Waals surface area (Å²) in [6, 6.07) is 2.09. The van der Waals surface area contributed by atoms with Gasteiger partial charge in [0.25, 0.3) is 0 Å². The fraction of sp³-hybridized carbons (Fsp3) is 0.867. The van der Waals surface area contributed by atoms with Crippen molar-refractivity contribution in [3.8, 4) is 6.07 Å². The highest BCUT2D eigenvalue weighted by Crippen LogP contribution is 2.15. The first-order valence-corrected chi connectivity index (χ1v) is 7.17. The topological polar surface area (TPSA) is 62.1 Å². The van der Waals surface area contributed by atoms with Crippen molar-refractivity contribution in [2.75, 3.05) is 6.54 Å². The molecular weight excluding hydrogens is 240 g/mol. The molecule has 0 heterocycles. The van der Waals surface area contributed by atoms with Crippen molar-refractivity contribution in [2.24, 2.45) is 5.92 Å². The van der Waals surface area contributed by atoms with E-state index in [0.29, 0.717) is 13.0 Å². The molecule has 0 aromatic rings. The SMILES string of the molecule is CCC[C@@H](CNC(C#N)CC)CC(=O)OC(C)(C)C. The van der Waals surface area contributed by atoms with Crippen LogP contribution < -0.4 is 5.32 Å². The summed E-state index contributed by atoms with van der Waals surface area (Å²) in [6.07, 6.45) is 3.19. The van der Waals surface area contributed by atoms with Crippen molar-refractivity contribution >= 4 is 5.97 Å². The van der Waals surface area contributed by atoms with Gasteiger partial charge in [-0.05, 0) is 46.1 Å². The summed E-state index contributed by atoms with van der Waals surface area (Å²) >= 11 is 0. The molecule has 0 aliphatic heterocycles. The largest absolute Gasteiger partial charge is 0.460 e. The maximum absolute atomic E-state index is 11.8. The van der Waals surface area contributed by atoms with Crippen LogP contribution in [0.4, 0.5) is 0 Å². The van der Waals surface area contributed by atoms with Crippen LogP contribution in [-0.4, -0.2) is 24.2 Å². The van der Waals surface area contributed by atoms with Gasteiger partial charge in [0.1, 0.15) is 5.60 Å². The van der Waals surface area contributed by atoms with Crippen molar-refractivity contribution in [1.82, 2.24) is 5.32 Å². The molecule has 0 saturated carbocycles. The molecule has 4 nitrogen and oxygen atoms in total. The minimum Gasteiger partial charge on any atom is -0.460 e. The Morgan fingerprint density at radius 2 is 2.00 bits per heavy atom. The summed E-state index contributed by atoms with van der Waals surface area (Å²) in [6.45, 7) is 10.4. The lowest BCUT2D eigenvalue weighted by atomic mass is 9.99. The normalized spacial score (nSPS) is 14.5. The summed E-state index contributed by atoms with van der Waals surface area (Å²) in [5, 5.41) is 12.1. The van der Waals surface area contributed by atoms with Crippen molar-refractivity contribution in [3.05, 3.63) is 0 Å². The number of esters is 1. The molecule has 2 atom stereocenters. The molecule has 0 radical (unpaired) electrons. The number of carbonyl (C=O) groups is 1. The summed E-state index contributed by atoms with van der Waals surface area (Å²) < 4.78 is 5.34. The predicted octanol–water partition coefficient (Wildman–Crippen LogP) is 3.03. The van der Waals surface area contributed by atoms with Crippen LogP contribution in [-0.2, 0) is 9.53 Å². The van der Waals surface area contributed by atoms with Gasteiger partial charge in [-0.25, -0.2) is 0 Å². The molecule has 0 saturated heterocycles. The van der Waals surface area contributed by atoms with Crippen LogP contribution in [0, 0.1) is 17.2 Å². The standard InChI is InChI=1S/C15H28N2O2/c1-6-8-12(11-17-13(7-2)10-16)9-14(18)19-15(3,4)5/h12-13,17H,6-9,11H2,1-5H3/t12-,13?/m1/s1. The average molecular weight is 268 g/mol. The number of nitrogens with zero attached hydrogens (tertiary/aromatic N) is 1. The van der Waals surface area contributed by atoms with Gasteiger partial charge in [-0.15, -0.1) is 0 Å². The van der Waals surface area contributed by atoms with Gasteiger partial charge in [0.05, 0.1) is 12.1 Å². The quantitative estimate of drug-likeness (QED) is 0.687. The molecule has 0 amide bonds. The van der Waals surface area contributed by atoms with Gasteiger partial charge < -0.3 is 10.1 Å². The molecule has 0 fully saturated rings. The Bertz CT molecular complexity index is 302. The molecule has 110 valence electrons. The lowest BCUT2D eigenvalue weighted by Crippen LogP contribution is -2.34. The number of nitriles is 1. The molecule has 19 heavy (non-hydrogen) atoms. The molecular formula is C15H28N2O2. The smallest absolute Gasteiger partial charge is 0.306 e. The minimum absolute atomic E-state index is 0.127. The first-order valence-electron chi connectivity index (χ1n) is 7.17. The van der Waals surface area contributed by atoms with Crippen molar-refractivity contribution in [2.45, 2.75) is 71.9 Å². The van der Waals surface area contributed by atoms with E-state index >= 15 is 0 Å². The van der Waals surface area contributed by atoms with Crippen LogP contribution in [0.15, 0.2) is 0 Å². The van der Waals surface area contributed by atoms with Crippen LogP contribution in [0.1, 0.15) is 60.3 Å². The Kier molecular flexibility index (Phi) is 8.42. The van der Waals surface area contributed by atoms with Gasteiger partial charge in [-0.1, -0.05) is 20.3 Å². The molecule has 0 aliphatic rings. The van der Waals surface area contributed by atoms with E-state index in [1.807, 2.05) is 27.7 Å². The average Bonchev–Trinajstić information content (AvgIpc) is 2.27. The minimum atomic E-state index is -0.431. The molecule has 1 N–H and O–H groups in total. The first kappa shape index (κ1) is 17.9. The lowest BCUT2D eigenvalue weighted by Gasteiger charge is -2.23. The number of ether oxygens (including phenoxy) is 1. The maximum Gasteiger partial charge on any atom is 0.306 e. The van der Waals surface area contributed by atoms with E-state index in [0.717, 1.165) is 19.3 Å². The van der Waals surface area contributed by atoms with Crippen LogP contribution in [0.3, 0.4) is 0 Å². The number of carbonyl (C=O) groups excluding carboxylic acids is 1. The third kappa shape index (κ3) is 9.49. The second-order valence-electron chi connectivity index (χ2n) is 5.94. The molecule has 0 bridgehead atoms. The number of rotatable bonds is 8. The zero-order chi connectivity index (χ0) is 14.9. The second-order valence-corrected chi connectivity index (χ2v) is 5.94. The van der Waals surface area contributed by atoms with Gasteiger partial charge in [-0.3, -0.25) is 4.79 Å². The van der Waals surface area contributed by atoms with Crippen molar-refractivity contribution in [1.29, 1.82) is 5.26 Å². The van der Waals surface area contributed by atoms with Gasteiger partial charge in [-0.2, -0.15) is 5.26 Å². The van der Waals surface area contributed by atoms with E-state index in [2.05, 4.69) is 18.3 Å². The van der Waals surface area contributed by atoms with Crippen LogP contribution >= 0.6 is 0 Å². The van der Waals surface area contributed by atoms with Crippen LogP contribution in [0.5, 0.6) is 0 Å². The summed E-state index contributed by atoms with van der Waals surface area (Å²) in [4.78, 5) is 11.8. The molecule has 0 spiro atoms. The van der Waals surface area contributed by atoms with Gasteiger partial charge in [0, 0.05) is 6.42 Å². The van der Waals surface area contributed by atoms with Crippen molar-refractivity contribution < 1.29 is 9.53 Å². The summed E-state index contributed by atoms with van der Waals surface area (Å²) in [7, 11) is 0. The Balaban J connectivity index is 4.26. The van der Waals surface area contributed by atoms with E-state index < -0.39 is 5.60 Å². The fourth-order valence-corrected chi connectivity index (χ4v) is 1.89. The second kappa shape index (κ2) is 8.92. The van der Waals surface area contributed by atoms with Crippen LogP contribution in [0.2, 0.25) is 0 Å². The van der Waals surface area contributed by atoms with Gasteiger partial charge in [0.15, 0.2) is 0 Å². The van der Waals surface area contributed by atoms with Crippen molar-refractivity contribution in [3.63, 3.8) is 0 Å². The Morgan fingerprint density at radius 3 is 2.42 bits per heavy atom.